The van der Waals surface area contributed by atoms with E-state index >= 15 is 0 Å². The number of halogens is 2. The van der Waals surface area contributed by atoms with Crippen molar-refractivity contribution < 1.29 is 9.18 Å². The fourth-order valence-corrected chi connectivity index (χ4v) is 2.50. The Balaban J connectivity index is 2.30. The van der Waals surface area contributed by atoms with Crippen molar-refractivity contribution in [2.75, 3.05) is 5.32 Å². The van der Waals surface area contributed by atoms with Gasteiger partial charge in [0.25, 0.3) is 5.91 Å². The number of aryl methyl sites for hydroxylation is 3. The molecule has 2 aromatic carbocycles. The van der Waals surface area contributed by atoms with Crippen molar-refractivity contribution in [1.82, 2.24) is 0 Å². The highest BCUT2D eigenvalue weighted by molar-refractivity contribution is 9.10. The summed E-state index contributed by atoms with van der Waals surface area (Å²) >= 11 is 3.12. The van der Waals surface area contributed by atoms with E-state index in [-0.39, 0.29) is 5.91 Å². The Morgan fingerprint density at radius 1 is 1.10 bits per heavy atom. The zero-order valence-corrected chi connectivity index (χ0v) is 13.1. The highest BCUT2D eigenvalue weighted by Crippen LogP contribution is 2.24. The number of anilines is 1. The number of carbonyl (C=O) groups excluding carboxylic acids is 1. The van der Waals surface area contributed by atoms with Crippen molar-refractivity contribution in [3.8, 4) is 0 Å². The minimum atomic E-state index is -0.397. The second-order valence-electron chi connectivity index (χ2n) is 4.85. The summed E-state index contributed by atoms with van der Waals surface area (Å²) < 4.78 is 13.9. The Hall–Kier alpha value is -1.68. The summed E-state index contributed by atoms with van der Waals surface area (Å²) in [6.45, 7) is 5.68. The van der Waals surface area contributed by atoms with Crippen LogP contribution < -0.4 is 5.32 Å². The van der Waals surface area contributed by atoms with Crippen LogP contribution in [0, 0.1) is 26.6 Å². The maximum Gasteiger partial charge on any atom is 0.255 e. The third-order valence-electron chi connectivity index (χ3n) is 3.14. The van der Waals surface area contributed by atoms with Crippen LogP contribution in [0.3, 0.4) is 0 Å². The molecule has 2 nitrogen and oxygen atoms in total. The average molecular weight is 336 g/mol. The van der Waals surface area contributed by atoms with Gasteiger partial charge in [-0.15, -0.1) is 0 Å². The third-order valence-corrected chi connectivity index (χ3v) is 3.75. The van der Waals surface area contributed by atoms with Gasteiger partial charge >= 0.3 is 0 Å². The molecule has 0 bridgehead atoms. The van der Waals surface area contributed by atoms with Crippen molar-refractivity contribution in [2.45, 2.75) is 20.8 Å². The van der Waals surface area contributed by atoms with Gasteiger partial charge in [0.05, 0.1) is 4.47 Å². The van der Waals surface area contributed by atoms with Crippen molar-refractivity contribution in [2.24, 2.45) is 0 Å². The molecule has 0 heterocycles. The molecule has 0 aliphatic rings. The van der Waals surface area contributed by atoms with E-state index < -0.39 is 5.82 Å². The molecule has 0 aromatic heterocycles. The summed E-state index contributed by atoms with van der Waals surface area (Å²) in [5, 5.41) is 2.76. The molecule has 2 rings (SSSR count). The van der Waals surface area contributed by atoms with Crippen molar-refractivity contribution in [1.29, 1.82) is 0 Å². The highest BCUT2D eigenvalue weighted by Gasteiger charge is 2.12. The fraction of sp³-hybridized carbons (Fsp3) is 0.188. The SMILES string of the molecule is Cc1ccc(C(=O)Nc2cc(F)c(Br)cc2C)c(C)c1. The molecule has 20 heavy (non-hydrogen) atoms. The molecule has 0 atom stereocenters. The van der Waals surface area contributed by atoms with Crippen LogP contribution in [0.1, 0.15) is 27.0 Å². The minimum absolute atomic E-state index is 0.229. The molecule has 0 aliphatic heterocycles. The van der Waals surface area contributed by atoms with Crippen molar-refractivity contribution >= 4 is 27.5 Å². The fourth-order valence-electron chi connectivity index (χ4n) is 2.04. The molecule has 0 unspecified atom stereocenters. The number of carbonyl (C=O) groups is 1. The molecular weight excluding hydrogens is 321 g/mol. The molecule has 0 spiro atoms. The lowest BCUT2D eigenvalue weighted by atomic mass is 10.0. The Labute approximate surface area is 126 Å². The van der Waals surface area contributed by atoms with Crippen molar-refractivity contribution in [3.63, 3.8) is 0 Å². The summed E-state index contributed by atoms with van der Waals surface area (Å²) in [7, 11) is 0. The van der Waals surface area contributed by atoms with Crippen LogP contribution in [0.25, 0.3) is 0 Å². The molecule has 2 aromatic rings. The molecular formula is C16H15BrFNO. The Bertz CT molecular complexity index is 682. The standard InChI is InChI=1S/C16H15BrFNO/c1-9-4-5-12(10(2)6-9)16(20)19-15-8-14(18)13(17)7-11(15)3/h4-8H,1-3H3,(H,19,20). The molecule has 0 fully saturated rings. The Kier molecular flexibility index (Phi) is 4.23. The molecule has 4 heteroatoms. The molecule has 0 saturated heterocycles. The van der Waals surface area contributed by atoms with Crippen molar-refractivity contribution in [3.05, 3.63) is 62.9 Å². The van der Waals surface area contributed by atoms with Crippen LogP contribution in [-0.4, -0.2) is 5.91 Å². The maximum absolute atomic E-state index is 13.5. The summed E-state index contributed by atoms with van der Waals surface area (Å²) in [5.74, 6) is -0.626. The minimum Gasteiger partial charge on any atom is -0.322 e. The lowest BCUT2D eigenvalue weighted by Gasteiger charge is -2.11. The van der Waals surface area contributed by atoms with Gasteiger partial charge in [-0.3, -0.25) is 4.79 Å². The summed E-state index contributed by atoms with van der Waals surface area (Å²) in [6, 6.07) is 8.58. The van der Waals surface area contributed by atoms with E-state index in [0.717, 1.165) is 16.7 Å². The number of benzene rings is 2. The van der Waals surface area contributed by atoms with Crippen LogP contribution >= 0.6 is 15.9 Å². The Morgan fingerprint density at radius 3 is 2.45 bits per heavy atom. The van der Waals surface area contributed by atoms with Gasteiger partial charge in [-0.2, -0.15) is 0 Å². The van der Waals surface area contributed by atoms with Gasteiger partial charge in [-0.05, 0) is 66.0 Å². The third kappa shape index (κ3) is 3.07. The Morgan fingerprint density at radius 2 is 1.80 bits per heavy atom. The normalized spacial score (nSPS) is 10.4. The van der Waals surface area contributed by atoms with E-state index in [1.54, 1.807) is 12.1 Å². The van der Waals surface area contributed by atoms with E-state index in [9.17, 15) is 9.18 Å². The number of hydrogen-bond donors (Lipinski definition) is 1. The number of nitrogens with one attached hydrogen (secondary N) is 1. The van der Waals surface area contributed by atoms with E-state index in [2.05, 4.69) is 21.2 Å². The predicted molar refractivity (Wildman–Crippen MR) is 82.7 cm³/mol. The van der Waals surface area contributed by atoms with Gasteiger partial charge in [0.1, 0.15) is 5.82 Å². The lowest BCUT2D eigenvalue weighted by Crippen LogP contribution is -2.14. The molecule has 1 amide bonds. The van der Waals surface area contributed by atoms with E-state index in [1.807, 2.05) is 32.9 Å². The topological polar surface area (TPSA) is 29.1 Å². The summed E-state index contributed by atoms with van der Waals surface area (Å²) in [5.41, 5.74) is 3.88. The first-order chi connectivity index (χ1) is 9.38. The van der Waals surface area contributed by atoms with Gasteiger partial charge in [-0.1, -0.05) is 17.7 Å². The van der Waals surface area contributed by atoms with Gasteiger partial charge in [0.15, 0.2) is 0 Å². The van der Waals surface area contributed by atoms with Gasteiger partial charge in [0.2, 0.25) is 0 Å². The first-order valence-corrected chi connectivity index (χ1v) is 7.02. The zero-order valence-electron chi connectivity index (χ0n) is 11.6. The summed E-state index contributed by atoms with van der Waals surface area (Å²) in [4.78, 5) is 12.2. The molecule has 1 N–H and O–H groups in total. The van der Waals surface area contributed by atoms with Crippen LogP contribution in [0.2, 0.25) is 0 Å². The summed E-state index contributed by atoms with van der Waals surface area (Å²) in [6.07, 6.45) is 0. The first-order valence-electron chi connectivity index (χ1n) is 6.22. The molecule has 0 saturated carbocycles. The number of hydrogen-bond acceptors (Lipinski definition) is 1. The molecule has 0 aliphatic carbocycles. The quantitative estimate of drug-likeness (QED) is 0.841. The van der Waals surface area contributed by atoms with Gasteiger partial charge in [0, 0.05) is 11.3 Å². The predicted octanol–water partition coefficient (Wildman–Crippen LogP) is 4.77. The van der Waals surface area contributed by atoms with Crippen LogP contribution in [0.4, 0.5) is 10.1 Å². The largest absolute Gasteiger partial charge is 0.322 e. The average Bonchev–Trinajstić information content (AvgIpc) is 2.35. The van der Waals surface area contributed by atoms with E-state index in [4.69, 9.17) is 0 Å². The van der Waals surface area contributed by atoms with Crippen LogP contribution in [0.5, 0.6) is 0 Å². The monoisotopic (exact) mass is 335 g/mol. The highest BCUT2D eigenvalue weighted by atomic mass is 79.9. The second-order valence-corrected chi connectivity index (χ2v) is 5.71. The molecule has 104 valence electrons. The van der Waals surface area contributed by atoms with Crippen LogP contribution in [-0.2, 0) is 0 Å². The lowest BCUT2D eigenvalue weighted by molar-refractivity contribution is 0.102. The number of amides is 1. The van der Waals surface area contributed by atoms with Gasteiger partial charge in [-0.25, -0.2) is 4.39 Å². The van der Waals surface area contributed by atoms with E-state index in [0.29, 0.717) is 15.7 Å². The zero-order chi connectivity index (χ0) is 14.9. The molecule has 0 radical (unpaired) electrons. The number of rotatable bonds is 2. The smallest absolute Gasteiger partial charge is 0.255 e. The van der Waals surface area contributed by atoms with Gasteiger partial charge < -0.3 is 5.32 Å². The maximum atomic E-state index is 13.5. The van der Waals surface area contributed by atoms with Crippen LogP contribution in [0.15, 0.2) is 34.8 Å². The second kappa shape index (κ2) is 5.75. The first kappa shape index (κ1) is 14.7. The van der Waals surface area contributed by atoms with E-state index in [1.165, 1.54) is 6.07 Å².